The van der Waals surface area contributed by atoms with Gasteiger partial charge in [0.2, 0.25) is 6.41 Å². The average Bonchev–Trinajstić information content (AvgIpc) is 3.17. The minimum absolute atomic E-state index is 0.176. The van der Waals surface area contributed by atoms with E-state index in [1.807, 2.05) is 16.7 Å². The smallest absolute Gasteiger partial charge is 0.290 e. The van der Waals surface area contributed by atoms with E-state index in [0.717, 1.165) is 36.9 Å². The second kappa shape index (κ2) is 8.42. The van der Waals surface area contributed by atoms with Crippen LogP contribution >= 0.6 is 0 Å². The number of nitrogens with zero attached hydrogens (tertiary/aromatic N) is 5. The van der Waals surface area contributed by atoms with Gasteiger partial charge in [-0.2, -0.15) is 0 Å². The minimum atomic E-state index is -0.274. The molecule has 9 heteroatoms. The van der Waals surface area contributed by atoms with Gasteiger partial charge in [-0.15, -0.1) is 0 Å². The van der Waals surface area contributed by atoms with E-state index >= 15 is 0 Å². The molecule has 0 aromatic carbocycles. The Bertz CT molecular complexity index is 902. The zero-order chi connectivity index (χ0) is 20.2. The molecule has 3 amide bonds. The number of rotatable bonds is 5. The maximum atomic E-state index is 13.1. The second-order valence-corrected chi connectivity index (χ2v) is 7.32. The highest BCUT2D eigenvalue weighted by molar-refractivity contribution is 5.97. The van der Waals surface area contributed by atoms with E-state index in [-0.39, 0.29) is 11.8 Å². The zero-order valence-electron chi connectivity index (χ0n) is 16.2. The number of aromatic nitrogens is 3. The molecule has 9 nitrogen and oxygen atoms in total. The molecule has 2 aliphatic heterocycles. The van der Waals surface area contributed by atoms with Crippen LogP contribution in [0.5, 0.6) is 0 Å². The molecule has 1 N–H and O–H groups in total. The first-order chi connectivity index (χ1) is 14.2. The Labute approximate surface area is 168 Å². The summed E-state index contributed by atoms with van der Waals surface area (Å²) in [6, 6.07) is 3.71. The lowest BCUT2D eigenvalue weighted by Gasteiger charge is -2.32. The van der Waals surface area contributed by atoms with Gasteiger partial charge in [-0.05, 0) is 30.9 Å². The third kappa shape index (κ3) is 3.98. The Morgan fingerprint density at radius 2 is 1.97 bits per heavy atom. The van der Waals surface area contributed by atoms with Crippen molar-refractivity contribution in [2.24, 2.45) is 0 Å². The summed E-state index contributed by atoms with van der Waals surface area (Å²) >= 11 is 0. The summed E-state index contributed by atoms with van der Waals surface area (Å²) in [5, 5.41) is 2.89. The molecule has 1 saturated heterocycles. The van der Waals surface area contributed by atoms with Gasteiger partial charge in [0.15, 0.2) is 5.82 Å². The van der Waals surface area contributed by atoms with Gasteiger partial charge in [0.25, 0.3) is 11.8 Å². The topological polar surface area (TPSA) is 100 Å². The third-order valence-electron chi connectivity index (χ3n) is 5.45. The van der Waals surface area contributed by atoms with Crippen LogP contribution in [0.4, 0.5) is 0 Å². The van der Waals surface area contributed by atoms with E-state index in [9.17, 15) is 14.4 Å². The standard InChI is InChI=1S/C20H24N6O3/c27-14-24-8-10-25(11-9-24)20(29)18-23-17(16-5-1-2-7-26(16)18)19(28)22-13-15-4-3-6-21-12-15/h3-4,6,12,14H,1-2,5,7-11,13H2,(H,22,28). The summed E-state index contributed by atoms with van der Waals surface area (Å²) in [5.74, 6) is -0.125. The van der Waals surface area contributed by atoms with E-state index in [0.29, 0.717) is 50.8 Å². The SMILES string of the molecule is O=CN1CCN(C(=O)c2nc(C(=O)NCc3cccnc3)c3n2CCCC3)CC1. The first-order valence-electron chi connectivity index (χ1n) is 9.92. The van der Waals surface area contributed by atoms with Gasteiger partial charge < -0.3 is 19.7 Å². The van der Waals surface area contributed by atoms with Crippen LogP contribution in [-0.2, 0) is 24.3 Å². The Kier molecular flexibility index (Phi) is 5.55. The molecule has 0 spiro atoms. The Morgan fingerprint density at radius 1 is 1.14 bits per heavy atom. The number of amides is 3. The molecule has 0 aliphatic carbocycles. The van der Waals surface area contributed by atoms with Crippen molar-refractivity contribution in [3.63, 3.8) is 0 Å². The number of hydrogen-bond donors (Lipinski definition) is 1. The van der Waals surface area contributed by atoms with Crippen molar-refractivity contribution in [1.82, 2.24) is 29.7 Å². The highest BCUT2D eigenvalue weighted by Crippen LogP contribution is 2.22. The molecule has 4 heterocycles. The van der Waals surface area contributed by atoms with Gasteiger partial charge in [0.05, 0.1) is 5.69 Å². The van der Waals surface area contributed by atoms with E-state index in [1.165, 1.54) is 0 Å². The number of carbonyl (C=O) groups excluding carboxylic acids is 3. The Hall–Kier alpha value is -3.23. The van der Waals surface area contributed by atoms with Crippen molar-refractivity contribution in [2.75, 3.05) is 26.2 Å². The molecule has 29 heavy (non-hydrogen) atoms. The van der Waals surface area contributed by atoms with Crippen LogP contribution in [0, 0.1) is 0 Å². The fraction of sp³-hybridized carbons (Fsp3) is 0.450. The normalized spacial score (nSPS) is 16.3. The van der Waals surface area contributed by atoms with Gasteiger partial charge in [-0.1, -0.05) is 6.07 Å². The lowest BCUT2D eigenvalue weighted by atomic mass is 10.1. The third-order valence-corrected chi connectivity index (χ3v) is 5.45. The zero-order valence-corrected chi connectivity index (χ0v) is 16.2. The Morgan fingerprint density at radius 3 is 2.69 bits per heavy atom. The predicted molar refractivity (Wildman–Crippen MR) is 104 cm³/mol. The van der Waals surface area contributed by atoms with Gasteiger partial charge in [-0.3, -0.25) is 19.4 Å². The lowest BCUT2D eigenvalue weighted by molar-refractivity contribution is -0.119. The predicted octanol–water partition coefficient (Wildman–Crippen LogP) is 0.459. The van der Waals surface area contributed by atoms with Crippen molar-refractivity contribution >= 4 is 18.2 Å². The highest BCUT2D eigenvalue weighted by Gasteiger charge is 2.31. The lowest BCUT2D eigenvalue weighted by Crippen LogP contribution is -2.48. The van der Waals surface area contributed by atoms with Crippen LogP contribution in [0.1, 0.15) is 45.2 Å². The summed E-state index contributed by atoms with van der Waals surface area (Å²) in [5.41, 5.74) is 2.07. The quantitative estimate of drug-likeness (QED) is 0.740. The van der Waals surface area contributed by atoms with Gasteiger partial charge >= 0.3 is 0 Å². The first-order valence-corrected chi connectivity index (χ1v) is 9.92. The summed E-state index contributed by atoms with van der Waals surface area (Å²) in [6.07, 6.45) is 6.86. The molecular weight excluding hydrogens is 372 g/mol. The van der Waals surface area contributed by atoms with Gasteiger partial charge in [0, 0.05) is 51.7 Å². The molecule has 4 rings (SSSR count). The summed E-state index contributed by atoms with van der Waals surface area (Å²) in [6.45, 7) is 3.02. The molecule has 1 fully saturated rings. The van der Waals surface area contributed by atoms with E-state index < -0.39 is 0 Å². The van der Waals surface area contributed by atoms with Crippen molar-refractivity contribution < 1.29 is 14.4 Å². The second-order valence-electron chi connectivity index (χ2n) is 7.32. The number of carbonyl (C=O) groups is 3. The molecule has 2 aromatic heterocycles. The molecule has 0 atom stereocenters. The number of hydrogen-bond acceptors (Lipinski definition) is 5. The van der Waals surface area contributed by atoms with E-state index in [1.54, 1.807) is 22.2 Å². The maximum absolute atomic E-state index is 13.1. The van der Waals surface area contributed by atoms with Gasteiger partial charge in [-0.25, -0.2) is 4.98 Å². The van der Waals surface area contributed by atoms with Crippen LogP contribution in [0.2, 0.25) is 0 Å². The monoisotopic (exact) mass is 396 g/mol. The number of piperazine rings is 1. The molecule has 0 bridgehead atoms. The van der Waals surface area contributed by atoms with Crippen LogP contribution in [-0.4, -0.2) is 68.7 Å². The van der Waals surface area contributed by atoms with Crippen molar-refractivity contribution in [2.45, 2.75) is 32.4 Å². The molecule has 0 unspecified atom stereocenters. The molecule has 2 aromatic rings. The summed E-state index contributed by atoms with van der Waals surface area (Å²) < 4.78 is 1.90. The van der Waals surface area contributed by atoms with Crippen LogP contribution < -0.4 is 5.32 Å². The van der Waals surface area contributed by atoms with Crippen molar-refractivity contribution in [3.8, 4) is 0 Å². The maximum Gasteiger partial charge on any atom is 0.290 e. The number of imidazole rings is 1. The highest BCUT2D eigenvalue weighted by atomic mass is 16.2. The Balaban J connectivity index is 1.53. The summed E-state index contributed by atoms with van der Waals surface area (Å²) in [4.78, 5) is 48.7. The fourth-order valence-corrected chi connectivity index (χ4v) is 3.83. The van der Waals surface area contributed by atoms with Crippen LogP contribution in [0.3, 0.4) is 0 Å². The number of fused-ring (bicyclic) bond motifs is 1. The fourth-order valence-electron chi connectivity index (χ4n) is 3.83. The number of nitrogens with one attached hydrogen (secondary N) is 1. The summed E-state index contributed by atoms with van der Waals surface area (Å²) in [7, 11) is 0. The van der Waals surface area contributed by atoms with Gasteiger partial charge in [0.1, 0.15) is 5.69 Å². The van der Waals surface area contributed by atoms with Crippen molar-refractivity contribution in [3.05, 3.63) is 47.3 Å². The molecule has 2 aliphatic rings. The number of pyridine rings is 1. The first kappa shape index (κ1) is 19.1. The van der Waals surface area contributed by atoms with E-state index in [2.05, 4.69) is 15.3 Å². The van der Waals surface area contributed by atoms with Crippen LogP contribution in [0.15, 0.2) is 24.5 Å². The molecular formula is C20H24N6O3. The molecule has 152 valence electrons. The molecule has 0 saturated carbocycles. The van der Waals surface area contributed by atoms with E-state index in [4.69, 9.17) is 0 Å². The average molecular weight is 396 g/mol. The van der Waals surface area contributed by atoms with Crippen LogP contribution in [0.25, 0.3) is 0 Å². The van der Waals surface area contributed by atoms with Crippen molar-refractivity contribution in [1.29, 1.82) is 0 Å². The minimum Gasteiger partial charge on any atom is -0.347 e. The molecule has 0 radical (unpaired) electrons. The largest absolute Gasteiger partial charge is 0.347 e.